The number of piperidine rings is 2. The van der Waals surface area contributed by atoms with Gasteiger partial charge in [0.2, 0.25) is 10.0 Å². The molecule has 0 unspecified atom stereocenters. The van der Waals surface area contributed by atoms with Crippen LogP contribution in [0.4, 0.5) is 13.2 Å². The molecule has 2 saturated heterocycles. The van der Waals surface area contributed by atoms with E-state index < -0.39 is 38.6 Å². The van der Waals surface area contributed by atoms with Crippen LogP contribution in [-0.2, 0) is 21.0 Å². The van der Waals surface area contributed by atoms with Crippen LogP contribution in [0.1, 0.15) is 36.8 Å². The molecular formula is C25H28F3N3O5S. The second kappa shape index (κ2) is 10.3. The minimum absolute atomic E-state index is 0.0478. The molecule has 0 aromatic heterocycles. The van der Waals surface area contributed by atoms with Gasteiger partial charge in [-0.25, -0.2) is 12.7 Å². The quantitative estimate of drug-likeness (QED) is 0.427. The maximum atomic E-state index is 13.6. The number of halogens is 3. The number of alkyl halides is 3. The first-order valence-electron chi connectivity index (χ1n) is 11.9. The summed E-state index contributed by atoms with van der Waals surface area (Å²) in [5.41, 5.74) is -0.118. The Morgan fingerprint density at radius 3 is 2.05 bits per heavy atom. The van der Waals surface area contributed by atoms with E-state index in [-0.39, 0.29) is 63.4 Å². The SMILES string of the molecule is N=C(c1ccccc1)N1CCC(C(=O)O)(S(=O)(=O)N2CCC(Oc3ccc(C(F)(F)F)cc3)CC2)CC1. The molecule has 0 atom stereocenters. The Labute approximate surface area is 213 Å². The number of sulfonamides is 1. The molecule has 0 radical (unpaired) electrons. The molecule has 4 rings (SSSR count). The van der Waals surface area contributed by atoms with E-state index in [1.807, 2.05) is 6.07 Å². The molecular weight excluding hydrogens is 511 g/mol. The number of amidine groups is 1. The van der Waals surface area contributed by atoms with E-state index in [0.29, 0.717) is 5.56 Å². The molecule has 8 nitrogen and oxygen atoms in total. The van der Waals surface area contributed by atoms with Gasteiger partial charge in [-0.3, -0.25) is 10.2 Å². The molecule has 0 spiro atoms. The fourth-order valence-corrected chi connectivity index (χ4v) is 6.91. The fraction of sp³-hybridized carbons (Fsp3) is 0.440. The number of carbonyl (C=O) groups is 1. The highest BCUT2D eigenvalue weighted by Crippen LogP contribution is 2.36. The third-order valence-electron chi connectivity index (χ3n) is 7.04. The molecule has 0 saturated carbocycles. The fourth-order valence-electron chi connectivity index (χ4n) is 4.80. The molecule has 12 heteroatoms. The molecule has 200 valence electrons. The van der Waals surface area contributed by atoms with Crippen molar-refractivity contribution in [3.63, 3.8) is 0 Å². The smallest absolute Gasteiger partial charge is 0.416 e. The highest BCUT2D eigenvalue weighted by atomic mass is 32.2. The second-order valence-corrected chi connectivity index (χ2v) is 11.5. The van der Waals surface area contributed by atoms with Gasteiger partial charge in [-0.1, -0.05) is 30.3 Å². The number of hydrogen-bond acceptors (Lipinski definition) is 5. The monoisotopic (exact) mass is 539 g/mol. The predicted molar refractivity (Wildman–Crippen MR) is 130 cm³/mol. The van der Waals surface area contributed by atoms with Gasteiger partial charge < -0.3 is 14.7 Å². The highest BCUT2D eigenvalue weighted by molar-refractivity contribution is 7.91. The van der Waals surface area contributed by atoms with Crippen LogP contribution < -0.4 is 4.74 Å². The van der Waals surface area contributed by atoms with Crippen LogP contribution in [0, 0.1) is 5.41 Å². The van der Waals surface area contributed by atoms with Crippen molar-refractivity contribution in [2.45, 2.75) is 42.7 Å². The van der Waals surface area contributed by atoms with E-state index in [1.165, 1.54) is 16.4 Å². The van der Waals surface area contributed by atoms with Gasteiger partial charge in [-0.2, -0.15) is 13.2 Å². The molecule has 2 N–H and O–H groups in total. The lowest BCUT2D eigenvalue weighted by Crippen LogP contribution is -2.60. The molecule has 0 bridgehead atoms. The van der Waals surface area contributed by atoms with Gasteiger partial charge in [-0.05, 0) is 49.9 Å². The first-order valence-corrected chi connectivity index (χ1v) is 13.3. The normalized spacial score (nSPS) is 19.4. The largest absolute Gasteiger partial charge is 0.490 e. The molecule has 37 heavy (non-hydrogen) atoms. The molecule has 2 heterocycles. The first-order chi connectivity index (χ1) is 17.4. The summed E-state index contributed by atoms with van der Waals surface area (Å²) in [6.45, 7) is 0.331. The van der Waals surface area contributed by atoms with Crippen molar-refractivity contribution in [2.24, 2.45) is 0 Å². The molecule has 2 aliphatic heterocycles. The summed E-state index contributed by atoms with van der Waals surface area (Å²) in [5.74, 6) is -0.927. The lowest BCUT2D eigenvalue weighted by Gasteiger charge is -2.42. The summed E-state index contributed by atoms with van der Waals surface area (Å²) in [7, 11) is -4.22. The Hall–Kier alpha value is -3.12. The highest BCUT2D eigenvalue weighted by Gasteiger charge is 2.55. The van der Waals surface area contributed by atoms with Crippen molar-refractivity contribution in [2.75, 3.05) is 26.2 Å². The summed E-state index contributed by atoms with van der Waals surface area (Å²) < 4.78 is 70.4. The molecule has 2 aromatic carbocycles. The number of nitrogens with one attached hydrogen (secondary N) is 1. The lowest BCUT2D eigenvalue weighted by atomic mass is 9.95. The van der Waals surface area contributed by atoms with Gasteiger partial charge in [0, 0.05) is 31.7 Å². The summed E-state index contributed by atoms with van der Waals surface area (Å²) in [5, 5.41) is 18.5. The average molecular weight is 540 g/mol. The number of ether oxygens (including phenoxy) is 1. The van der Waals surface area contributed by atoms with Crippen molar-refractivity contribution in [3.05, 3.63) is 65.7 Å². The molecule has 0 amide bonds. The zero-order valence-electron chi connectivity index (χ0n) is 19.9. The third-order valence-corrected chi connectivity index (χ3v) is 9.66. The minimum atomic E-state index is -4.45. The second-order valence-electron chi connectivity index (χ2n) is 9.24. The van der Waals surface area contributed by atoms with Gasteiger partial charge in [-0.15, -0.1) is 0 Å². The van der Waals surface area contributed by atoms with Gasteiger partial charge in [0.25, 0.3) is 0 Å². The number of nitrogens with zero attached hydrogens (tertiary/aromatic N) is 2. The number of rotatable bonds is 6. The average Bonchev–Trinajstić information content (AvgIpc) is 2.89. The summed E-state index contributed by atoms with van der Waals surface area (Å²) in [4.78, 5) is 14.0. The summed E-state index contributed by atoms with van der Waals surface area (Å²) in [6, 6.07) is 13.3. The van der Waals surface area contributed by atoms with Gasteiger partial charge in [0.15, 0.2) is 4.75 Å². The predicted octanol–water partition coefficient (Wildman–Crippen LogP) is 3.82. The van der Waals surface area contributed by atoms with E-state index in [1.54, 1.807) is 29.2 Å². The Morgan fingerprint density at radius 1 is 0.973 bits per heavy atom. The number of hydrogen-bond donors (Lipinski definition) is 2. The van der Waals surface area contributed by atoms with E-state index in [0.717, 1.165) is 12.1 Å². The summed E-state index contributed by atoms with van der Waals surface area (Å²) in [6.07, 6.45) is -4.60. The van der Waals surface area contributed by atoms with Crippen LogP contribution in [-0.4, -0.2) is 71.6 Å². The van der Waals surface area contributed by atoms with Crippen LogP contribution in [0.5, 0.6) is 5.75 Å². The number of likely N-dealkylation sites (tertiary alicyclic amines) is 1. The molecule has 2 aliphatic rings. The minimum Gasteiger partial charge on any atom is -0.490 e. The van der Waals surface area contributed by atoms with Crippen LogP contribution >= 0.6 is 0 Å². The molecule has 0 aliphatic carbocycles. The number of aliphatic carboxylic acids is 1. The van der Waals surface area contributed by atoms with Crippen molar-refractivity contribution < 1.29 is 36.2 Å². The van der Waals surface area contributed by atoms with Crippen LogP contribution in [0.15, 0.2) is 54.6 Å². The maximum absolute atomic E-state index is 13.6. The Bertz CT molecular complexity index is 1220. The van der Waals surface area contributed by atoms with Crippen LogP contribution in [0.3, 0.4) is 0 Å². The zero-order chi connectivity index (χ0) is 26.8. The number of benzene rings is 2. The lowest BCUT2D eigenvalue weighted by molar-refractivity contribution is -0.141. The van der Waals surface area contributed by atoms with Gasteiger partial charge in [0.05, 0.1) is 5.56 Å². The number of carboxylic acid groups (broad SMARTS) is 1. The van der Waals surface area contributed by atoms with Crippen molar-refractivity contribution in [1.82, 2.24) is 9.21 Å². The van der Waals surface area contributed by atoms with Gasteiger partial charge in [0.1, 0.15) is 17.7 Å². The van der Waals surface area contributed by atoms with E-state index in [2.05, 4.69) is 0 Å². The van der Waals surface area contributed by atoms with Crippen LogP contribution in [0.25, 0.3) is 0 Å². The zero-order valence-corrected chi connectivity index (χ0v) is 20.8. The standard InChI is InChI=1S/C25H28F3N3O5S/c26-25(27,28)19-6-8-20(9-7-19)36-21-10-14-31(15-11-21)37(34,35)24(23(32)33)12-16-30(17-13-24)22(29)18-4-2-1-3-5-18/h1-9,21,29H,10-17H2,(H,32,33). The van der Waals surface area contributed by atoms with E-state index in [4.69, 9.17) is 10.1 Å². The Balaban J connectivity index is 1.39. The summed E-state index contributed by atoms with van der Waals surface area (Å²) >= 11 is 0. The Kier molecular flexibility index (Phi) is 7.52. The number of carboxylic acids is 1. The van der Waals surface area contributed by atoms with Crippen LogP contribution in [0.2, 0.25) is 0 Å². The van der Waals surface area contributed by atoms with E-state index >= 15 is 0 Å². The third kappa shape index (κ3) is 5.45. The van der Waals surface area contributed by atoms with Crippen molar-refractivity contribution >= 4 is 21.8 Å². The van der Waals surface area contributed by atoms with Crippen molar-refractivity contribution in [1.29, 1.82) is 5.41 Å². The molecule has 2 fully saturated rings. The first kappa shape index (κ1) is 26.9. The van der Waals surface area contributed by atoms with Crippen molar-refractivity contribution in [3.8, 4) is 5.75 Å². The Morgan fingerprint density at radius 2 is 1.54 bits per heavy atom. The maximum Gasteiger partial charge on any atom is 0.416 e. The van der Waals surface area contributed by atoms with E-state index in [9.17, 15) is 31.5 Å². The molecule has 2 aromatic rings. The topological polar surface area (TPSA) is 111 Å². The van der Waals surface area contributed by atoms with Gasteiger partial charge >= 0.3 is 12.1 Å².